The van der Waals surface area contributed by atoms with E-state index in [9.17, 15) is 0 Å². The van der Waals surface area contributed by atoms with Gasteiger partial charge in [-0.25, -0.2) is 0 Å². The highest BCUT2D eigenvalue weighted by atomic mass is 32.1. The van der Waals surface area contributed by atoms with Gasteiger partial charge in [0.2, 0.25) is 0 Å². The van der Waals surface area contributed by atoms with E-state index in [4.69, 9.17) is 17.3 Å². The first-order chi connectivity index (χ1) is 10.2. The van der Waals surface area contributed by atoms with Crippen LogP contribution >= 0.6 is 12.2 Å². The average Bonchev–Trinajstić information content (AvgIpc) is 2.84. The Morgan fingerprint density at radius 2 is 2.24 bits per heavy atom. The van der Waals surface area contributed by atoms with Crippen LogP contribution in [0.3, 0.4) is 0 Å². The highest BCUT2D eigenvalue weighted by molar-refractivity contribution is 7.80. The molecule has 1 aliphatic carbocycles. The van der Waals surface area contributed by atoms with E-state index in [-0.39, 0.29) is 12.5 Å². The summed E-state index contributed by atoms with van der Waals surface area (Å²) in [5.74, 6) is 0.214. The molecule has 0 saturated heterocycles. The maximum atomic E-state index is 9.14. The SMILES string of the molecule is CCN=CN/N=C1/C(=N/NC(=S)NCC)CCC1CCO. The van der Waals surface area contributed by atoms with Gasteiger partial charge in [-0.3, -0.25) is 15.8 Å². The van der Waals surface area contributed by atoms with Crippen LogP contribution in [-0.2, 0) is 0 Å². The van der Waals surface area contributed by atoms with E-state index in [0.29, 0.717) is 18.1 Å². The Morgan fingerprint density at radius 1 is 1.43 bits per heavy atom. The van der Waals surface area contributed by atoms with Gasteiger partial charge in [-0.2, -0.15) is 10.2 Å². The smallest absolute Gasteiger partial charge is 0.186 e. The van der Waals surface area contributed by atoms with Gasteiger partial charge in [0.1, 0.15) is 6.34 Å². The van der Waals surface area contributed by atoms with Crippen molar-refractivity contribution in [1.29, 1.82) is 0 Å². The Morgan fingerprint density at radius 3 is 2.90 bits per heavy atom. The lowest BCUT2D eigenvalue weighted by molar-refractivity contribution is 0.273. The van der Waals surface area contributed by atoms with E-state index in [1.54, 1.807) is 6.34 Å². The molecule has 7 nitrogen and oxygen atoms in total. The van der Waals surface area contributed by atoms with Crippen molar-refractivity contribution in [3.63, 3.8) is 0 Å². The molecule has 0 amide bonds. The number of rotatable bonds is 7. The lowest BCUT2D eigenvalue weighted by Crippen LogP contribution is -2.33. The average molecular weight is 312 g/mol. The molecular weight excluding hydrogens is 288 g/mol. The molecule has 0 heterocycles. The molecule has 0 radical (unpaired) electrons. The number of hydrogen-bond donors (Lipinski definition) is 4. The van der Waals surface area contributed by atoms with Crippen LogP contribution in [0.2, 0.25) is 0 Å². The molecule has 1 unspecified atom stereocenters. The number of hydrazone groups is 2. The number of nitrogens with zero attached hydrogens (tertiary/aromatic N) is 3. The highest BCUT2D eigenvalue weighted by Gasteiger charge is 2.28. The molecule has 0 aromatic rings. The van der Waals surface area contributed by atoms with Crippen molar-refractivity contribution in [3.8, 4) is 0 Å². The van der Waals surface area contributed by atoms with Crippen LogP contribution in [0.15, 0.2) is 15.2 Å². The summed E-state index contributed by atoms with van der Waals surface area (Å²) >= 11 is 5.08. The number of aliphatic hydroxyl groups is 1. The first-order valence-electron chi connectivity index (χ1n) is 7.25. The number of aliphatic hydroxyl groups excluding tert-OH is 1. The quantitative estimate of drug-likeness (QED) is 0.239. The van der Waals surface area contributed by atoms with Gasteiger partial charge in [-0.1, -0.05) is 0 Å². The number of hydrogen-bond acceptors (Lipinski definition) is 5. The summed E-state index contributed by atoms with van der Waals surface area (Å²) in [5.41, 5.74) is 7.37. The Bertz CT molecular complexity index is 421. The molecule has 0 aromatic carbocycles. The second-order valence-corrected chi connectivity index (χ2v) is 4.94. The fourth-order valence-corrected chi connectivity index (χ4v) is 2.26. The van der Waals surface area contributed by atoms with Crippen LogP contribution in [0.1, 0.15) is 33.1 Å². The summed E-state index contributed by atoms with van der Waals surface area (Å²) < 4.78 is 0. The fourth-order valence-electron chi connectivity index (χ4n) is 2.07. The molecule has 21 heavy (non-hydrogen) atoms. The molecule has 118 valence electrons. The lowest BCUT2D eigenvalue weighted by atomic mass is 10.0. The molecule has 1 saturated carbocycles. The van der Waals surface area contributed by atoms with Gasteiger partial charge in [0.05, 0.1) is 11.4 Å². The maximum Gasteiger partial charge on any atom is 0.186 e. The molecule has 0 aromatic heterocycles. The molecular formula is C13H24N6OS. The minimum absolute atomic E-state index is 0.142. The van der Waals surface area contributed by atoms with Crippen molar-refractivity contribution < 1.29 is 5.11 Å². The van der Waals surface area contributed by atoms with Crippen molar-refractivity contribution in [2.45, 2.75) is 33.1 Å². The fraction of sp³-hybridized carbons (Fsp3) is 0.692. The van der Waals surface area contributed by atoms with Gasteiger partial charge >= 0.3 is 0 Å². The first kappa shape index (κ1) is 17.5. The summed E-state index contributed by atoms with van der Waals surface area (Å²) in [6.07, 6.45) is 4.00. The molecule has 0 bridgehead atoms. The van der Waals surface area contributed by atoms with Gasteiger partial charge in [0, 0.05) is 25.6 Å². The van der Waals surface area contributed by atoms with Crippen molar-refractivity contribution in [3.05, 3.63) is 0 Å². The van der Waals surface area contributed by atoms with E-state index >= 15 is 0 Å². The normalized spacial score (nSPS) is 22.1. The molecule has 1 fully saturated rings. The second kappa shape index (κ2) is 10.2. The standard InChI is InChI=1S/C13H24N6OS/c1-3-14-9-16-18-12-10(7-8-20)5-6-11(12)17-19-13(21)15-4-2/h9-10,20H,3-8H2,1-2H3,(H,14,16)(H2,15,19,21)/b17-11+,18-12+. The molecule has 1 rings (SSSR count). The van der Waals surface area contributed by atoms with Gasteiger partial charge in [-0.15, -0.1) is 0 Å². The third-order valence-electron chi connectivity index (χ3n) is 3.04. The molecule has 1 aliphatic rings. The number of aliphatic imine (C=N–C) groups is 1. The first-order valence-corrected chi connectivity index (χ1v) is 7.66. The number of thiocarbonyl (C=S) groups is 1. The summed E-state index contributed by atoms with van der Waals surface area (Å²) in [6.45, 7) is 5.52. The van der Waals surface area contributed by atoms with Crippen molar-refractivity contribution in [2.24, 2.45) is 21.1 Å². The molecule has 8 heteroatoms. The Hall–Kier alpha value is -1.54. The Balaban J connectivity index is 2.73. The summed E-state index contributed by atoms with van der Waals surface area (Å²) in [6, 6.07) is 0. The zero-order valence-electron chi connectivity index (χ0n) is 12.6. The lowest BCUT2D eigenvalue weighted by Gasteiger charge is -2.09. The summed E-state index contributed by atoms with van der Waals surface area (Å²) in [7, 11) is 0. The maximum absolute atomic E-state index is 9.14. The van der Waals surface area contributed by atoms with Crippen LogP contribution in [0.4, 0.5) is 0 Å². The van der Waals surface area contributed by atoms with Crippen LogP contribution < -0.4 is 16.2 Å². The highest BCUT2D eigenvalue weighted by Crippen LogP contribution is 2.23. The van der Waals surface area contributed by atoms with E-state index in [1.165, 1.54) is 0 Å². The predicted molar refractivity (Wildman–Crippen MR) is 90.9 cm³/mol. The van der Waals surface area contributed by atoms with E-state index in [1.807, 2.05) is 13.8 Å². The molecule has 4 N–H and O–H groups in total. The Kier molecular flexibility index (Phi) is 8.53. The number of nitrogens with one attached hydrogen (secondary N) is 3. The van der Waals surface area contributed by atoms with Gasteiger partial charge in [0.25, 0.3) is 0 Å². The van der Waals surface area contributed by atoms with Crippen LogP contribution in [0, 0.1) is 5.92 Å². The topological polar surface area (TPSA) is 93.4 Å². The van der Waals surface area contributed by atoms with Crippen LogP contribution in [0.25, 0.3) is 0 Å². The molecule has 1 atom stereocenters. The van der Waals surface area contributed by atoms with Gasteiger partial charge in [-0.05, 0) is 45.3 Å². The van der Waals surface area contributed by atoms with Gasteiger partial charge in [0.15, 0.2) is 5.11 Å². The predicted octanol–water partition coefficient (Wildman–Crippen LogP) is 0.613. The van der Waals surface area contributed by atoms with E-state index in [0.717, 1.165) is 30.8 Å². The molecule has 0 spiro atoms. The third-order valence-corrected chi connectivity index (χ3v) is 3.27. The second-order valence-electron chi connectivity index (χ2n) is 4.53. The van der Waals surface area contributed by atoms with Gasteiger partial charge < -0.3 is 10.4 Å². The zero-order chi connectivity index (χ0) is 15.5. The zero-order valence-corrected chi connectivity index (χ0v) is 13.4. The van der Waals surface area contributed by atoms with E-state index in [2.05, 4.69) is 31.4 Å². The third kappa shape index (κ3) is 6.17. The van der Waals surface area contributed by atoms with Crippen molar-refractivity contribution in [2.75, 3.05) is 19.7 Å². The van der Waals surface area contributed by atoms with E-state index < -0.39 is 0 Å². The monoisotopic (exact) mass is 312 g/mol. The Labute approximate surface area is 131 Å². The minimum Gasteiger partial charge on any atom is -0.396 e. The summed E-state index contributed by atoms with van der Waals surface area (Å²) in [5, 5.41) is 21.3. The van der Waals surface area contributed by atoms with Crippen molar-refractivity contribution >= 4 is 35.1 Å². The largest absolute Gasteiger partial charge is 0.396 e. The van der Waals surface area contributed by atoms with Crippen LogP contribution in [0.5, 0.6) is 0 Å². The van der Waals surface area contributed by atoms with Crippen LogP contribution in [-0.4, -0.2) is 47.7 Å². The molecule has 0 aliphatic heterocycles. The summed E-state index contributed by atoms with van der Waals surface area (Å²) in [4.78, 5) is 4.05. The van der Waals surface area contributed by atoms with Crippen molar-refractivity contribution in [1.82, 2.24) is 16.2 Å². The minimum atomic E-state index is 0.142.